The third kappa shape index (κ3) is 2.52. The second-order valence-corrected chi connectivity index (χ2v) is 5.88. The Kier molecular flexibility index (Phi) is 3.87. The average Bonchev–Trinajstić information content (AvgIpc) is 2.52. The molecule has 3 rings (SSSR count). The molecule has 2 nitrogen and oxygen atoms in total. The van der Waals surface area contributed by atoms with Crippen LogP contribution in [0.15, 0.2) is 42.5 Å². The van der Waals surface area contributed by atoms with Gasteiger partial charge in [-0.2, -0.15) is 0 Å². The topological polar surface area (TPSA) is 35.2 Å². The molecule has 1 unspecified atom stereocenters. The molecule has 0 amide bonds. The largest absolute Gasteiger partial charge is 0.493 e. The summed E-state index contributed by atoms with van der Waals surface area (Å²) in [6.45, 7) is 1.04. The maximum Gasteiger partial charge on any atom is 0.145 e. The minimum absolute atomic E-state index is 0.153. The quantitative estimate of drug-likeness (QED) is 0.938. The van der Waals surface area contributed by atoms with Crippen LogP contribution in [-0.2, 0) is 11.8 Å². The van der Waals surface area contributed by atoms with Crippen LogP contribution < -0.4 is 10.5 Å². The number of nitrogens with two attached hydrogens (primary N) is 1. The molecule has 110 valence electrons. The van der Waals surface area contributed by atoms with Crippen molar-refractivity contribution >= 4 is 11.6 Å². The highest BCUT2D eigenvalue weighted by Crippen LogP contribution is 2.41. The van der Waals surface area contributed by atoms with Crippen LogP contribution in [0.3, 0.4) is 0 Å². The zero-order valence-corrected chi connectivity index (χ0v) is 12.4. The van der Waals surface area contributed by atoms with Gasteiger partial charge in [0.2, 0.25) is 0 Å². The molecule has 0 aromatic heterocycles. The van der Waals surface area contributed by atoms with Crippen LogP contribution in [-0.4, -0.2) is 13.2 Å². The van der Waals surface area contributed by atoms with E-state index in [0.717, 1.165) is 17.7 Å². The van der Waals surface area contributed by atoms with E-state index in [1.54, 1.807) is 18.2 Å². The van der Waals surface area contributed by atoms with Gasteiger partial charge in [0.25, 0.3) is 0 Å². The third-order valence-electron chi connectivity index (χ3n) is 4.25. The number of rotatable bonds is 3. The van der Waals surface area contributed by atoms with E-state index in [0.29, 0.717) is 25.1 Å². The number of halogens is 2. The average molecular weight is 306 g/mol. The molecule has 0 fully saturated rings. The molecule has 0 radical (unpaired) electrons. The van der Waals surface area contributed by atoms with Gasteiger partial charge in [-0.3, -0.25) is 0 Å². The molecule has 0 bridgehead atoms. The third-order valence-corrected chi connectivity index (χ3v) is 4.54. The van der Waals surface area contributed by atoms with Gasteiger partial charge >= 0.3 is 0 Å². The summed E-state index contributed by atoms with van der Waals surface area (Å²) in [5, 5.41) is 0.153. The van der Waals surface area contributed by atoms with Crippen LogP contribution in [0.5, 0.6) is 5.75 Å². The van der Waals surface area contributed by atoms with Crippen LogP contribution in [0.4, 0.5) is 4.39 Å². The normalized spacial score (nSPS) is 20.7. The summed E-state index contributed by atoms with van der Waals surface area (Å²) in [5.74, 6) is 0.493. The molecule has 0 saturated carbocycles. The van der Waals surface area contributed by atoms with Crippen LogP contribution >= 0.6 is 11.6 Å². The van der Waals surface area contributed by atoms with Gasteiger partial charge in [0, 0.05) is 17.5 Å². The van der Waals surface area contributed by atoms with Gasteiger partial charge in [-0.25, -0.2) is 4.39 Å². The zero-order chi connectivity index (χ0) is 14.9. The summed E-state index contributed by atoms with van der Waals surface area (Å²) >= 11 is 5.89. The minimum atomic E-state index is -0.351. The lowest BCUT2D eigenvalue weighted by Crippen LogP contribution is -2.42. The van der Waals surface area contributed by atoms with Crippen LogP contribution in [0, 0.1) is 5.82 Å². The number of hydrogen-bond donors (Lipinski definition) is 1. The first-order valence-corrected chi connectivity index (χ1v) is 7.39. The second kappa shape index (κ2) is 5.66. The van der Waals surface area contributed by atoms with E-state index in [-0.39, 0.29) is 16.3 Å². The van der Waals surface area contributed by atoms with Gasteiger partial charge in [-0.15, -0.1) is 0 Å². The second-order valence-electron chi connectivity index (χ2n) is 5.47. The Bertz CT molecular complexity index is 661. The summed E-state index contributed by atoms with van der Waals surface area (Å²) in [7, 11) is 0. The first-order valence-electron chi connectivity index (χ1n) is 7.01. The Morgan fingerprint density at radius 1 is 1.19 bits per heavy atom. The number of fused-ring (bicyclic) bond motifs is 1. The SMILES string of the molecule is NCC1(Cc2cccc(Cl)c2F)CCOc2ccccc21. The molecule has 2 aromatic rings. The summed E-state index contributed by atoms with van der Waals surface area (Å²) < 4.78 is 19.9. The fourth-order valence-electron chi connectivity index (χ4n) is 3.04. The van der Waals surface area contributed by atoms with Crippen molar-refractivity contribution in [3.8, 4) is 5.75 Å². The summed E-state index contributed by atoms with van der Waals surface area (Å²) in [6, 6.07) is 13.0. The monoisotopic (exact) mass is 305 g/mol. The van der Waals surface area contributed by atoms with E-state index < -0.39 is 0 Å². The van der Waals surface area contributed by atoms with Gasteiger partial charge < -0.3 is 10.5 Å². The van der Waals surface area contributed by atoms with E-state index in [1.807, 2.05) is 24.3 Å². The molecule has 2 N–H and O–H groups in total. The Morgan fingerprint density at radius 3 is 2.81 bits per heavy atom. The van der Waals surface area contributed by atoms with Crippen molar-refractivity contribution in [2.24, 2.45) is 5.73 Å². The first-order chi connectivity index (χ1) is 10.2. The van der Waals surface area contributed by atoms with Crippen molar-refractivity contribution in [1.29, 1.82) is 0 Å². The number of benzene rings is 2. The first kappa shape index (κ1) is 14.4. The molecule has 0 spiro atoms. The number of hydrogen-bond acceptors (Lipinski definition) is 2. The summed E-state index contributed by atoms with van der Waals surface area (Å²) in [4.78, 5) is 0. The molecule has 0 aliphatic carbocycles. The Hall–Kier alpha value is -1.58. The lowest BCUT2D eigenvalue weighted by Gasteiger charge is -2.38. The van der Waals surface area contributed by atoms with Crippen molar-refractivity contribution in [2.75, 3.05) is 13.2 Å². The predicted molar refractivity (Wildman–Crippen MR) is 82.4 cm³/mol. The molecule has 4 heteroatoms. The molecule has 1 atom stereocenters. The van der Waals surface area contributed by atoms with E-state index in [2.05, 4.69) is 0 Å². The van der Waals surface area contributed by atoms with Crippen molar-refractivity contribution in [3.63, 3.8) is 0 Å². The highest BCUT2D eigenvalue weighted by Gasteiger charge is 2.37. The highest BCUT2D eigenvalue weighted by molar-refractivity contribution is 6.30. The lowest BCUT2D eigenvalue weighted by molar-refractivity contribution is 0.214. The predicted octanol–water partition coefficient (Wildman–Crippen LogP) is 3.70. The van der Waals surface area contributed by atoms with Crippen molar-refractivity contribution < 1.29 is 9.13 Å². The van der Waals surface area contributed by atoms with Crippen molar-refractivity contribution in [1.82, 2.24) is 0 Å². The van der Waals surface area contributed by atoms with Gasteiger partial charge in [-0.05, 0) is 30.5 Å². The molecule has 1 heterocycles. The molecule has 0 saturated heterocycles. The van der Waals surface area contributed by atoms with Crippen LogP contribution in [0.25, 0.3) is 0 Å². The molecule has 2 aromatic carbocycles. The molecule has 21 heavy (non-hydrogen) atoms. The minimum Gasteiger partial charge on any atom is -0.493 e. The van der Waals surface area contributed by atoms with Crippen molar-refractivity contribution in [2.45, 2.75) is 18.3 Å². The Labute approximate surface area is 128 Å². The van der Waals surface area contributed by atoms with Gasteiger partial charge in [0.15, 0.2) is 0 Å². The van der Waals surface area contributed by atoms with Gasteiger partial charge in [0.05, 0.1) is 11.6 Å². The van der Waals surface area contributed by atoms with E-state index in [4.69, 9.17) is 22.1 Å². The summed E-state index contributed by atoms with van der Waals surface area (Å²) in [6.07, 6.45) is 1.29. The van der Waals surface area contributed by atoms with Crippen LogP contribution in [0.2, 0.25) is 5.02 Å². The lowest BCUT2D eigenvalue weighted by atomic mass is 9.72. The van der Waals surface area contributed by atoms with Crippen LogP contribution in [0.1, 0.15) is 17.5 Å². The fourth-order valence-corrected chi connectivity index (χ4v) is 3.23. The standard InChI is InChI=1S/C17H17ClFNO/c18-14-6-3-4-12(16(14)19)10-17(11-20)8-9-21-15-7-2-1-5-13(15)17/h1-7H,8-11,20H2. The maximum atomic E-state index is 14.2. The fraction of sp³-hybridized carbons (Fsp3) is 0.294. The summed E-state index contributed by atoms with van der Waals surface area (Å²) in [5.41, 5.74) is 7.43. The number of ether oxygens (including phenoxy) is 1. The molecule has 1 aliphatic heterocycles. The van der Waals surface area contributed by atoms with Gasteiger partial charge in [-0.1, -0.05) is 41.9 Å². The van der Waals surface area contributed by atoms with E-state index in [9.17, 15) is 4.39 Å². The van der Waals surface area contributed by atoms with E-state index >= 15 is 0 Å². The molecule has 1 aliphatic rings. The van der Waals surface area contributed by atoms with E-state index in [1.165, 1.54) is 0 Å². The Balaban J connectivity index is 2.04. The molecular formula is C17H17ClFNO. The molecular weight excluding hydrogens is 289 g/mol. The van der Waals surface area contributed by atoms with Crippen molar-refractivity contribution in [3.05, 3.63) is 64.4 Å². The Morgan fingerprint density at radius 2 is 2.00 bits per heavy atom. The highest BCUT2D eigenvalue weighted by atomic mass is 35.5. The smallest absolute Gasteiger partial charge is 0.145 e. The van der Waals surface area contributed by atoms with Gasteiger partial charge in [0.1, 0.15) is 11.6 Å². The number of para-hydroxylation sites is 1. The maximum absolute atomic E-state index is 14.2. The zero-order valence-electron chi connectivity index (χ0n) is 11.6.